The molecule has 3 heteroatoms. The topological polar surface area (TPSA) is 18.5 Å². The van der Waals surface area contributed by atoms with Crippen LogP contribution in [0.4, 0.5) is 11.4 Å². The third kappa shape index (κ3) is 2.08. The van der Waals surface area contributed by atoms with Crippen molar-refractivity contribution in [2.75, 3.05) is 36.9 Å². The van der Waals surface area contributed by atoms with Gasteiger partial charge in [-0.25, -0.2) is 0 Å². The van der Waals surface area contributed by atoms with E-state index in [1.807, 2.05) is 0 Å². The molecule has 3 nitrogen and oxygen atoms in total. The SMILES string of the molecule is CN1C2CCC1CN(c1ccc3c(c1)NCCC3)CC2. The summed E-state index contributed by atoms with van der Waals surface area (Å²) in [5.74, 6) is 0. The molecule has 3 heterocycles. The van der Waals surface area contributed by atoms with Crippen LogP contribution in [0.3, 0.4) is 0 Å². The lowest BCUT2D eigenvalue weighted by atomic mass is 10.0. The molecule has 2 unspecified atom stereocenters. The van der Waals surface area contributed by atoms with Gasteiger partial charge in [0.25, 0.3) is 0 Å². The summed E-state index contributed by atoms with van der Waals surface area (Å²) in [4.78, 5) is 5.23. The minimum absolute atomic E-state index is 0.756. The van der Waals surface area contributed by atoms with Crippen LogP contribution in [-0.2, 0) is 6.42 Å². The number of anilines is 2. The Morgan fingerprint density at radius 3 is 3.00 bits per heavy atom. The average Bonchev–Trinajstić information content (AvgIpc) is 2.72. The number of nitrogens with zero attached hydrogens (tertiary/aromatic N) is 2. The zero-order valence-electron chi connectivity index (χ0n) is 12.4. The smallest absolute Gasteiger partial charge is 0.0393 e. The van der Waals surface area contributed by atoms with Gasteiger partial charge in [-0.2, -0.15) is 0 Å². The highest BCUT2D eigenvalue weighted by Crippen LogP contribution is 2.33. The van der Waals surface area contributed by atoms with Crippen LogP contribution in [0.25, 0.3) is 0 Å². The van der Waals surface area contributed by atoms with Gasteiger partial charge in [-0.3, -0.25) is 4.90 Å². The molecule has 2 bridgehead atoms. The van der Waals surface area contributed by atoms with E-state index in [0.29, 0.717) is 0 Å². The van der Waals surface area contributed by atoms with Gasteiger partial charge in [0.1, 0.15) is 0 Å². The maximum absolute atomic E-state index is 3.56. The highest BCUT2D eigenvalue weighted by atomic mass is 15.3. The Bertz CT molecular complexity index is 499. The fourth-order valence-corrected chi connectivity index (χ4v) is 4.19. The predicted molar refractivity (Wildman–Crippen MR) is 84.7 cm³/mol. The van der Waals surface area contributed by atoms with Crippen molar-refractivity contribution in [1.29, 1.82) is 0 Å². The first-order valence-electron chi connectivity index (χ1n) is 8.15. The summed E-state index contributed by atoms with van der Waals surface area (Å²) < 4.78 is 0. The van der Waals surface area contributed by atoms with Gasteiger partial charge in [0, 0.05) is 43.1 Å². The Labute approximate surface area is 121 Å². The van der Waals surface area contributed by atoms with E-state index in [-0.39, 0.29) is 0 Å². The number of rotatable bonds is 1. The molecule has 4 rings (SSSR count). The van der Waals surface area contributed by atoms with Crippen LogP contribution in [-0.4, -0.2) is 43.7 Å². The van der Waals surface area contributed by atoms with E-state index in [0.717, 1.165) is 18.6 Å². The Hall–Kier alpha value is -1.22. The van der Waals surface area contributed by atoms with E-state index in [4.69, 9.17) is 0 Å². The standard InChI is InChI=1S/C17H25N3/c1-19-14-6-7-16(19)12-20(10-8-14)15-5-4-13-3-2-9-18-17(13)11-15/h4-5,11,14,16,18H,2-3,6-10,12H2,1H3. The van der Waals surface area contributed by atoms with E-state index in [9.17, 15) is 0 Å². The lowest BCUT2D eigenvalue weighted by Crippen LogP contribution is -2.36. The molecule has 3 aliphatic heterocycles. The number of nitrogens with one attached hydrogen (secondary N) is 1. The summed E-state index contributed by atoms with van der Waals surface area (Å²) >= 11 is 0. The van der Waals surface area contributed by atoms with Crippen LogP contribution in [0.2, 0.25) is 0 Å². The van der Waals surface area contributed by atoms with Crippen molar-refractivity contribution in [3.05, 3.63) is 23.8 Å². The maximum Gasteiger partial charge on any atom is 0.0393 e. The molecule has 20 heavy (non-hydrogen) atoms. The van der Waals surface area contributed by atoms with E-state index in [1.54, 1.807) is 0 Å². The zero-order valence-corrected chi connectivity index (χ0v) is 12.4. The van der Waals surface area contributed by atoms with Crippen molar-refractivity contribution in [1.82, 2.24) is 4.90 Å². The lowest BCUT2D eigenvalue weighted by molar-refractivity contribution is 0.254. The summed E-state index contributed by atoms with van der Waals surface area (Å²) in [7, 11) is 2.32. The number of likely N-dealkylation sites (N-methyl/N-ethyl adjacent to an activating group) is 1. The number of fused-ring (bicyclic) bond motifs is 3. The molecule has 0 amide bonds. The van der Waals surface area contributed by atoms with Crippen molar-refractivity contribution in [3.8, 4) is 0 Å². The monoisotopic (exact) mass is 271 g/mol. The fraction of sp³-hybridized carbons (Fsp3) is 0.647. The Morgan fingerprint density at radius 2 is 2.05 bits per heavy atom. The van der Waals surface area contributed by atoms with Gasteiger partial charge in [0.2, 0.25) is 0 Å². The summed E-state index contributed by atoms with van der Waals surface area (Å²) in [6.45, 7) is 3.54. The Kier molecular flexibility index (Phi) is 3.10. The van der Waals surface area contributed by atoms with Crippen LogP contribution in [0, 0.1) is 0 Å². The minimum atomic E-state index is 0.756. The third-order valence-corrected chi connectivity index (χ3v) is 5.55. The van der Waals surface area contributed by atoms with E-state index >= 15 is 0 Å². The van der Waals surface area contributed by atoms with Crippen LogP contribution in [0.1, 0.15) is 31.2 Å². The molecule has 2 fully saturated rings. The molecule has 0 aliphatic carbocycles. The second kappa shape index (κ2) is 4.96. The van der Waals surface area contributed by atoms with Crippen molar-refractivity contribution in [2.45, 2.75) is 44.2 Å². The third-order valence-electron chi connectivity index (χ3n) is 5.55. The molecule has 1 aromatic rings. The zero-order chi connectivity index (χ0) is 13.5. The molecule has 0 radical (unpaired) electrons. The molecule has 108 valence electrons. The minimum Gasteiger partial charge on any atom is -0.385 e. The summed E-state index contributed by atoms with van der Waals surface area (Å²) in [6, 6.07) is 8.63. The normalized spacial score (nSPS) is 29.8. The highest BCUT2D eigenvalue weighted by Gasteiger charge is 2.34. The molecule has 2 saturated heterocycles. The van der Waals surface area contributed by atoms with Crippen molar-refractivity contribution >= 4 is 11.4 Å². The largest absolute Gasteiger partial charge is 0.385 e. The quantitative estimate of drug-likeness (QED) is 0.847. The van der Waals surface area contributed by atoms with Gasteiger partial charge in [0.15, 0.2) is 0 Å². The first-order chi connectivity index (χ1) is 9.81. The van der Waals surface area contributed by atoms with Crippen LogP contribution in [0.5, 0.6) is 0 Å². The predicted octanol–water partition coefficient (Wildman–Crippen LogP) is 2.72. The first kappa shape index (κ1) is 12.5. The van der Waals surface area contributed by atoms with Gasteiger partial charge < -0.3 is 10.2 Å². The molecular formula is C17H25N3. The number of aryl methyl sites for hydroxylation is 1. The van der Waals surface area contributed by atoms with Crippen LogP contribution >= 0.6 is 0 Å². The molecule has 0 spiro atoms. The van der Waals surface area contributed by atoms with Gasteiger partial charge in [-0.1, -0.05) is 6.07 Å². The molecule has 1 N–H and O–H groups in total. The van der Waals surface area contributed by atoms with E-state index in [1.165, 1.54) is 62.1 Å². The second-order valence-electron chi connectivity index (χ2n) is 6.66. The van der Waals surface area contributed by atoms with Gasteiger partial charge in [-0.05, 0) is 56.8 Å². The highest BCUT2D eigenvalue weighted by molar-refractivity contribution is 5.63. The molecule has 3 aliphatic rings. The number of hydrogen-bond donors (Lipinski definition) is 1. The van der Waals surface area contributed by atoms with Crippen molar-refractivity contribution < 1.29 is 0 Å². The first-order valence-corrected chi connectivity index (χ1v) is 8.15. The van der Waals surface area contributed by atoms with Crippen molar-refractivity contribution in [2.24, 2.45) is 0 Å². The van der Waals surface area contributed by atoms with E-state index < -0.39 is 0 Å². The lowest BCUT2D eigenvalue weighted by Gasteiger charge is -2.29. The maximum atomic E-state index is 3.56. The van der Waals surface area contributed by atoms with Gasteiger partial charge in [-0.15, -0.1) is 0 Å². The summed E-state index contributed by atoms with van der Waals surface area (Å²) in [5.41, 5.74) is 4.28. The fourth-order valence-electron chi connectivity index (χ4n) is 4.19. The van der Waals surface area contributed by atoms with Gasteiger partial charge >= 0.3 is 0 Å². The van der Waals surface area contributed by atoms with Gasteiger partial charge in [0.05, 0.1) is 0 Å². The Balaban J connectivity index is 1.58. The molecule has 1 aromatic carbocycles. The number of benzene rings is 1. The van der Waals surface area contributed by atoms with Crippen LogP contribution in [0.15, 0.2) is 18.2 Å². The van der Waals surface area contributed by atoms with Crippen molar-refractivity contribution in [3.63, 3.8) is 0 Å². The summed E-state index contributed by atoms with van der Waals surface area (Å²) in [5, 5.41) is 3.56. The molecule has 2 atom stereocenters. The molecular weight excluding hydrogens is 246 g/mol. The molecule has 0 saturated carbocycles. The van der Waals surface area contributed by atoms with Crippen LogP contribution < -0.4 is 10.2 Å². The van der Waals surface area contributed by atoms with E-state index in [2.05, 4.69) is 40.4 Å². The average molecular weight is 271 g/mol. The summed E-state index contributed by atoms with van der Waals surface area (Å²) in [6.07, 6.45) is 6.60. The second-order valence-corrected chi connectivity index (χ2v) is 6.66. The number of hydrogen-bond acceptors (Lipinski definition) is 3. The Morgan fingerprint density at radius 1 is 1.15 bits per heavy atom. The molecule has 0 aromatic heterocycles.